The molecule has 0 bridgehead atoms. The molecule has 55 heavy (non-hydrogen) atoms. The number of allylic oxidation sites excluding steroid dienone is 3. The zero-order valence-electron chi connectivity index (χ0n) is 32.9. The van der Waals surface area contributed by atoms with Crippen molar-refractivity contribution in [2.24, 2.45) is 0 Å². The normalized spacial score (nSPS) is 17.4. The number of rotatable bonds is 15. The molecule has 4 N–H and O–H groups in total. The van der Waals surface area contributed by atoms with Gasteiger partial charge in [-0.15, -0.1) is 0 Å². The summed E-state index contributed by atoms with van der Waals surface area (Å²) < 4.78 is 0. The molecular formula is C46H56N6O3. The summed E-state index contributed by atoms with van der Waals surface area (Å²) in [6.07, 6.45) is 15.1. The summed E-state index contributed by atoms with van der Waals surface area (Å²) in [7, 11) is 4.20. The van der Waals surface area contributed by atoms with Crippen molar-refractivity contribution in [2.75, 3.05) is 57.0 Å². The Morgan fingerprint density at radius 3 is 2.51 bits per heavy atom. The molecule has 2 aliphatic carbocycles. The second-order valence-corrected chi connectivity index (χ2v) is 16.1. The van der Waals surface area contributed by atoms with Crippen molar-refractivity contribution in [3.8, 4) is 0 Å². The average Bonchev–Trinajstić information content (AvgIpc) is 3.17. The first-order valence-electron chi connectivity index (χ1n) is 20.1. The monoisotopic (exact) mass is 740 g/mol. The fraction of sp³-hybridized carbons (Fsp3) is 0.413. The first-order chi connectivity index (χ1) is 26.6. The van der Waals surface area contributed by atoms with E-state index < -0.39 is 0 Å². The van der Waals surface area contributed by atoms with Crippen LogP contribution < -0.4 is 26.4 Å². The van der Waals surface area contributed by atoms with E-state index in [1.54, 1.807) is 6.07 Å². The lowest BCUT2D eigenvalue weighted by Crippen LogP contribution is -2.43. The van der Waals surface area contributed by atoms with Crippen molar-refractivity contribution in [2.45, 2.75) is 76.7 Å². The number of anilines is 2. The molecule has 1 aromatic heterocycles. The smallest absolute Gasteiger partial charge is 0.256 e. The molecule has 7 rings (SSSR count). The van der Waals surface area contributed by atoms with Gasteiger partial charge in [-0.25, -0.2) is 0 Å². The van der Waals surface area contributed by atoms with Crippen LogP contribution in [-0.2, 0) is 15.0 Å². The number of carbonyl (C=O) groups excluding carboxylic acids is 2. The third-order valence-corrected chi connectivity index (χ3v) is 11.6. The number of hydrogen-bond acceptors (Lipinski definition) is 6. The maximum atomic E-state index is 12.7. The van der Waals surface area contributed by atoms with Crippen LogP contribution in [0.2, 0.25) is 0 Å². The number of carbonyl (C=O) groups is 2. The van der Waals surface area contributed by atoms with Crippen molar-refractivity contribution in [1.29, 1.82) is 0 Å². The predicted octanol–water partition coefficient (Wildman–Crippen LogP) is 7.44. The van der Waals surface area contributed by atoms with Gasteiger partial charge in [0, 0.05) is 60.1 Å². The van der Waals surface area contributed by atoms with Crippen LogP contribution in [0.5, 0.6) is 0 Å². The molecule has 1 aliphatic heterocycles. The number of aromatic nitrogens is 1. The van der Waals surface area contributed by atoms with E-state index in [4.69, 9.17) is 0 Å². The molecule has 0 radical (unpaired) electrons. The number of aromatic amines is 1. The van der Waals surface area contributed by atoms with Crippen molar-refractivity contribution < 1.29 is 9.59 Å². The van der Waals surface area contributed by atoms with Crippen LogP contribution >= 0.6 is 0 Å². The van der Waals surface area contributed by atoms with E-state index in [9.17, 15) is 14.4 Å². The van der Waals surface area contributed by atoms with Gasteiger partial charge >= 0.3 is 0 Å². The highest BCUT2D eigenvalue weighted by Crippen LogP contribution is 2.48. The summed E-state index contributed by atoms with van der Waals surface area (Å²) in [5.41, 5.74) is 9.46. The number of fused-ring (bicyclic) bond motifs is 6. The van der Waals surface area contributed by atoms with E-state index in [-0.39, 0.29) is 29.3 Å². The Hall–Kier alpha value is -4.99. The van der Waals surface area contributed by atoms with Crippen LogP contribution in [0.3, 0.4) is 0 Å². The third kappa shape index (κ3) is 8.63. The van der Waals surface area contributed by atoms with Gasteiger partial charge in [-0.2, -0.15) is 0 Å². The lowest BCUT2D eigenvalue weighted by molar-refractivity contribution is -0.121. The van der Waals surface area contributed by atoms with Gasteiger partial charge in [-0.1, -0.05) is 63.1 Å². The van der Waals surface area contributed by atoms with Gasteiger partial charge in [-0.05, 0) is 127 Å². The van der Waals surface area contributed by atoms with Crippen molar-refractivity contribution in [3.63, 3.8) is 0 Å². The quantitative estimate of drug-likeness (QED) is 0.0746. The van der Waals surface area contributed by atoms with E-state index in [1.807, 2.05) is 36.4 Å². The van der Waals surface area contributed by atoms with Gasteiger partial charge in [0.25, 0.3) is 5.56 Å². The molecule has 1 unspecified atom stereocenters. The molecule has 0 saturated carbocycles. The Morgan fingerprint density at radius 1 is 0.891 bits per heavy atom. The van der Waals surface area contributed by atoms with Crippen LogP contribution in [0.4, 0.5) is 11.4 Å². The van der Waals surface area contributed by atoms with Crippen LogP contribution in [0.15, 0.2) is 94.3 Å². The highest BCUT2D eigenvalue weighted by atomic mass is 16.2. The number of nitrogens with one attached hydrogen (secondary N) is 4. The molecule has 9 heteroatoms. The van der Waals surface area contributed by atoms with Crippen molar-refractivity contribution >= 4 is 50.9 Å². The summed E-state index contributed by atoms with van der Waals surface area (Å²) in [5, 5.41) is 11.7. The summed E-state index contributed by atoms with van der Waals surface area (Å²) in [6, 6.07) is 20.2. The molecule has 1 saturated heterocycles. The van der Waals surface area contributed by atoms with E-state index >= 15 is 0 Å². The van der Waals surface area contributed by atoms with E-state index in [1.165, 1.54) is 33.5 Å². The number of unbranched alkanes of at least 4 members (excludes halogenated alkanes) is 3. The van der Waals surface area contributed by atoms with Crippen molar-refractivity contribution in [3.05, 3.63) is 111 Å². The number of nitrogens with zero attached hydrogens (tertiary/aromatic N) is 2. The lowest BCUT2D eigenvalue weighted by atomic mass is 9.66. The van der Waals surface area contributed by atoms with Gasteiger partial charge < -0.3 is 25.8 Å². The fourth-order valence-corrected chi connectivity index (χ4v) is 8.61. The van der Waals surface area contributed by atoms with Crippen LogP contribution in [-0.4, -0.2) is 74.6 Å². The highest BCUT2D eigenvalue weighted by Gasteiger charge is 2.38. The van der Waals surface area contributed by atoms with Crippen LogP contribution in [0.25, 0.3) is 27.8 Å². The number of H-pyrrole nitrogens is 1. The fourth-order valence-electron chi connectivity index (χ4n) is 8.61. The molecule has 0 spiro atoms. The third-order valence-electron chi connectivity index (χ3n) is 11.6. The molecule has 1 fully saturated rings. The molecule has 4 aromatic rings. The minimum Gasteiger partial charge on any atom is -0.378 e. The highest BCUT2D eigenvalue weighted by molar-refractivity contribution is 6.07. The first-order valence-corrected chi connectivity index (χ1v) is 20.1. The second kappa shape index (κ2) is 16.8. The predicted molar refractivity (Wildman–Crippen MR) is 227 cm³/mol. The van der Waals surface area contributed by atoms with Gasteiger partial charge in [0.1, 0.15) is 0 Å². The number of hydrogen-bond donors (Lipinski definition) is 4. The molecule has 3 aromatic carbocycles. The number of amides is 2. The molecule has 2 heterocycles. The number of piperidine rings is 1. The lowest BCUT2D eigenvalue weighted by Gasteiger charge is -2.43. The molecule has 3 aliphatic rings. The van der Waals surface area contributed by atoms with Gasteiger partial charge in [-0.3, -0.25) is 19.3 Å². The summed E-state index contributed by atoms with van der Waals surface area (Å²) in [5.74, 6) is 0.0375. The summed E-state index contributed by atoms with van der Waals surface area (Å²) >= 11 is 0. The van der Waals surface area contributed by atoms with Gasteiger partial charge in [0.05, 0.1) is 12.6 Å². The Balaban J connectivity index is 0.778. The maximum absolute atomic E-state index is 12.7. The molecule has 1 atom stereocenters. The zero-order valence-corrected chi connectivity index (χ0v) is 32.9. The molecule has 9 nitrogen and oxygen atoms in total. The average molecular weight is 741 g/mol. The van der Waals surface area contributed by atoms with Gasteiger partial charge in [0.15, 0.2) is 0 Å². The minimum absolute atomic E-state index is 0.0786. The summed E-state index contributed by atoms with van der Waals surface area (Å²) in [6.45, 7) is 8.41. The number of likely N-dealkylation sites (tertiary alicyclic amines) is 1. The number of pyridine rings is 1. The van der Waals surface area contributed by atoms with Gasteiger partial charge in [0.2, 0.25) is 11.8 Å². The molecule has 288 valence electrons. The topological polar surface area (TPSA) is 110 Å². The summed E-state index contributed by atoms with van der Waals surface area (Å²) in [4.78, 5) is 45.3. The first kappa shape index (κ1) is 38.3. The van der Waals surface area contributed by atoms with E-state index in [0.717, 1.165) is 80.9 Å². The maximum Gasteiger partial charge on any atom is 0.256 e. The largest absolute Gasteiger partial charge is 0.378 e. The standard InChI is InChI=1S/C46H56N6O3/c1-46(2)39-28-35(51(3)4)19-17-31(39)25-33-26-32-13-11-23-52(42(32)29-40(33)46)24-12-16-43(53)48-22-10-6-5-9-21-47-30-44(54)49-34-18-20-41-38(27-34)36-14-7-8-15-37(36)45(55)50-41/h7-8,14-15,17-20,25-29,42,47H,5-6,9-13,16,21-24,30H2,1-4H3,(H,48,53)(H,49,54)(H,50,55). The second-order valence-electron chi connectivity index (χ2n) is 16.1. The number of benzene rings is 3. The SMILES string of the molecule is CN(C)c1ccc2c(c1)C(C)(C)C1=CC3C(=CC1=C2)CCCN3CCCC(=O)NCCCCCCNCC(=O)Nc1ccc2[nH]c(=O)c3ccccc3c2c1. The molecule has 2 amide bonds. The molecular weight excluding hydrogens is 685 g/mol. The van der Waals surface area contributed by atoms with Crippen LogP contribution in [0, 0.1) is 0 Å². The Labute approximate surface area is 324 Å². The van der Waals surface area contributed by atoms with E-state index in [0.29, 0.717) is 30.1 Å². The van der Waals surface area contributed by atoms with E-state index in [2.05, 4.69) is 95.1 Å². The Morgan fingerprint density at radius 2 is 1.69 bits per heavy atom. The zero-order chi connectivity index (χ0) is 38.5. The van der Waals surface area contributed by atoms with Crippen molar-refractivity contribution in [1.82, 2.24) is 20.5 Å². The Kier molecular flexibility index (Phi) is 11.7. The minimum atomic E-state index is -0.118. The van der Waals surface area contributed by atoms with Crippen LogP contribution in [0.1, 0.15) is 76.3 Å². The Bertz CT molecular complexity index is 2230.